The molecule has 0 saturated heterocycles. The summed E-state index contributed by atoms with van der Waals surface area (Å²) in [6.07, 6.45) is 0. The third-order valence-corrected chi connectivity index (χ3v) is 8.15. The minimum absolute atomic E-state index is 0.0217. The maximum Gasteiger partial charge on any atom is 0.149 e. The number of hydrogen-bond donors (Lipinski definition) is 1. The van der Waals surface area contributed by atoms with Crippen LogP contribution in [0, 0.1) is 0 Å². The molecule has 212 valence electrons. The molecule has 0 atom stereocenters. The number of rotatable bonds is 3. The number of para-hydroxylation sites is 1. The average molecular weight is 565 g/mol. The Kier molecular flexibility index (Phi) is 7.11. The predicted molar refractivity (Wildman–Crippen MR) is 175 cm³/mol. The van der Waals surface area contributed by atoms with Crippen molar-refractivity contribution in [2.75, 3.05) is 0 Å². The molecule has 0 spiro atoms. The Morgan fingerprint density at radius 2 is 1.29 bits per heavy atom. The first-order chi connectivity index (χ1) is 19.1. The zero-order valence-electron chi connectivity index (χ0n) is 25.7. The molecule has 4 heteroatoms. The van der Waals surface area contributed by atoms with Crippen LogP contribution in [0.25, 0.3) is 39.2 Å². The summed E-state index contributed by atoms with van der Waals surface area (Å²) in [5.41, 5.74) is 8.39. The van der Waals surface area contributed by atoms with Crippen LogP contribution in [0.1, 0.15) is 79.0 Å². The van der Waals surface area contributed by atoms with Gasteiger partial charge in [0.15, 0.2) is 0 Å². The summed E-state index contributed by atoms with van der Waals surface area (Å²) in [6, 6.07) is 27.3. The smallest absolute Gasteiger partial charge is 0.149 e. The van der Waals surface area contributed by atoms with Crippen LogP contribution in [0.5, 0.6) is 5.75 Å². The normalized spacial score (nSPS) is 12.7. The molecule has 0 aliphatic rings. The molecule has 0 bridgehead atoms. The number of imidazole rings is 1. The van der Waals surface area contributed by atoms with E-state index in [1.54, 1.807) is 0 Å². The molecule has 0 aliphatic heterocycles. The van der Waals surface area contributed by atoms with Gasteiger partial charge >= 0.3 is 0 Å². The first-order valence-corrected chi connectivity index (χ1v) is 14.7. The number of phenols is 1. The summed E-state index contributed by atoms with van der Waals surface area (Å²) in [4.78, 5) is 5.14. The lowest BCUT2D eigenvalue weighted by atomic mass is 9.79. The van der Waals surface area contributed by atoms with Crippen molar-refractivity contribution in [2.45, 2.75) is 78.6 Å². The molecule has 0 unspecified atom stereocenters. The zero-order valence-corrected chi connectivity index (χ0v) is 26.5. The molecule has 0 saturated carbocycles. The van der Waals surface area contributed by atoms with Gasteiger partial charge in [0.05, 0.1) is 21.8 Å². The highest BCUT2D eigenvalue weighted by atomic mass is 35.5. The van der Waals surface area contributed by atoms with Gasteiger partial charge in [-0.05, 0) is 63.3 Å². The summed E-state index contributed by atoms with van der Waals surface area (Å²) in [6.45, 7) is 19.7. The molecule has 1 heterocycles. The van der Waals surface area contributed by atoms with E-state index in [0.29, 0.717) is 21.9 Å². The number of aromatic nitrogens is 2. The highest BCUT2D eigenvalue weighted by Crippen LogP contribution is 2.45. The molecule has 5 aromatic rings. The van der Waals surface area contributed by atoms with Crippen molar-refractivity contribution in [3.8, 4) is 34.0 Å². The fourth-order valence-electron chi connectivity index (χ4n) is 5.35. The number of benzene rings is 4. The monoisotopic (exact) mass is 564 g/mol. The Bertz CT molecular complexity index is 1740. The van der Waals surface area contributed by atoms with Crippen molar-refractivity contribution >= 4 is 22.6 Å². The minimum atomic E-state index is -0.266. The Balaban J connectivity index is 1.94. The number of fused-ring (bicyclic) bond motifs is 1. The lowest BCUT2D eigenvalue weighted by molar-refractivity contribution is 0.446. The Morgan fingerprint density at radius 1 is 0.659 bits per heavy atom. The van der Waals surface area contributed by atoms with Crippen LogP contribution < -0.4 is 0 Å². The van der Waals surface area contributed by atoms with Crippen LogP contribution in [-0.4, -0.2) is 14.7 Å². The van der Waals surface area contributed by atoms with Crippen molar-refractivity contribution < 1.29 is 5.11 Å². The molecule has 41 heavy (non-hydrogen) atoms. The number of hydrogen-bond acceptors (Lipinski definition) is 2. The summed E-state index contributed by atoms with van der Waals surface area (Å²) in [7, 11) is 0. The van der Waals surface area contributed by atoms with Gasteiger partial charge in [-0.2, -0.15) is 0 Å². The first kappa shape index (κ1) is 29.0. The summed E-state index contributed by atoms with van der Waals surface area (Å²) in [5, 5.41) is 12.5. The highest BCUT2D eigenvalue weighted by molar-refractivity contribution is 6.35. The molecular weight excluding hydrogens is 524 g/mol. The third-order valence-electron chi connectivity index (χ3n) is 7.85. The van der Waals surface area contributed by atoms with Crippen LogP contribution in [0.2, 0.25) is 5.02 Å². The van der Waals surface area contributed by atoms with E-state index in [9.17, 15) is 5.11 Å². The molecular formula is C37H41ClN2O. The van der Waals surface area contributed by atoms with E-state index in [1.165, 1.54) is 5.56 Å². The molecule has 3 nitrogen and oxygen atoms in total. The average Bonchev–Trinajstić information content (AvgIpc) is 3.27. The van der Waals surface area contributed by atoms with Crippen molar-refractivity contribution in [1.29, 1.82) is 0 Å². The van der Waals surface area contributed by atoms with Crippen molar-refractivity contribution in [2.24, 2.45) is 0 Å². The third kappa shape index (κ3) is 5.40. The highest BCUT2D eigenvalue weighted by Gasteiger charge is 2.29. The van der Waals surface area contributed by atoms with Gasteiger partial charge < -0.3 is 5.11 Å². The first-order valence-electron chi connectivity index (χ1n) is 14.3. The van der Waals surface area contributed by atoms with Crippen LogP contribution in [0.3, 0.4) is 0 Å². The summed E-state index contributed by atoms with van der Waals surface area (Å²) in [5.74, 6) is 0.925. The number of halogens is 1. The van der Waals surface area contributed by atoms with E-state index in [2.05, 4.69) is 128 Å². The van der Waals surface area contributed by atoms with Gasteiger partial charge in [-0.1, -0.05) is 122 Å². The minimum Gasteiger partial charge on any atom is -0.507 e. The van der Waals surface area contributed by atoms with Gasteiger partial charge in [-0.25, -0.2) is 4.98 Å². The van der Waals surface area contributed by atoms with E-state index in [-0.39, 0.29) is 22.0 Å². The molecule has 1 aromatic heterocycles. The molecule has 4 aromatic carbocycles. The SMILES string of the molecule is CC(C)(C)c1ccc(-n2c(-c3cc(C(C)(C)C)cc(C(C)(C)C)c3O)nc3c(Cl)cccc32)c(-c2ccccc2)c1. The second kappa shape index (κ2) is 10.1. The van der Waals surface area contributed by atoms with E-state index in [0.717, 1.165) is 33.5 Å². The molecule has 1 N–H and O–H groups in total. The van der Waals surface area contributed by atoms with Crippen molar-refractivity contribution in [3.63, 3.8) is 0 Å². The molecule has 0 aliphatic carbocycles. The van der Waals surface area contributed by atoms with Gasteiger partial charge in [0.1, 0.15) is 17.1 Å². The van der Waals surface area contributed by atoms with E-state index in [1.807, 2.05) is 18.2 Å². The topological polar surface area (TPSA) is 38.0 Å². The van der Waals surface area contributed by atoms with Crippen LogP contribution >= 0.6 is 11.6 Å². The quantitative estimate of drug-likeness (QED) is 0.236. The Labute approximate surface area is 249 Å². The van der Waals surface area contributed by atoms with Crippen LogP contribution in [0.15, 0.2) is 78.9 Å². The number of aromatic hydroxyl groups is 1. The second-order valence-electron chi connectivity index (χ2n) is 14.1. The maximum absolute atomic E-state index is 11.9. The lowest BCUT2D eigenvalue weighted by Crippen LogP contribution is -2.17. The van der Waals surface area contributed by atoms with Gasteiger partial charge in [-0.3, -0.25) is 4.57 Å². The predicted octanol–water partition coefficient (Wildman–Crippen LogP) is 10.6. The van der Waals surface area contributed by atoms with Crippen molar-refractivity contribution in [3.05, 3.63) is 101 Å². The van der Waals surface area contributed by atoms with E-state index < -0.39 is 0 Å². The van der Waals surface area contributed by atoms with Gasteiger partial charge in [0.2, 0.25) is 0 Å². The van der Waals surface area contributed by atoms with Crippen LogP contribution in [-0.2, 0) is 16.2 Å². The second-order valence-corrected chi connectivity index (χ2v) is 14.6. The van der Waals surface area contributed by atoms with E-state index >= 15 is 0 Å². The van der Waals surface area contributed by atoms with E-state index in [4.69, 9.17) is 16.6 Å². The zero-order chi connectivity index (χ0) is 29.9. The van der Waals surface area contributed by atoms with Crippen LogP contribution in [0.4, 0.5) is 0 Å². The van der Waals surface area contributed by atoms with Gasteiger partial charge in [-0.15, -0.1) is 0 Å². The molecule has 0 radical (unpaired) electrons. The molecule has 0 amide bonds. The van der Waals surface area contributed by atoms with Gasteiger partial charge in [0, 0.05) is 11.1 Å². The summed E-state index contributed by atoms with van der Waals surface area (Å²) >= 11 is 6.77. The number of phenolic OH excluding ortho intramolecular Hbond substituents is 1. The Hall–Kier alpha value is -3.56. The van der Waals surface area contributed by atoms with Crippen molar-refractivity contribution in [1.82, 2.24) is 9.55 Å². The standard InChI is InChI=1S/C37H41ClN2O/c1-35(2,3)24-18-19-30(26(20-24)23-14-11-10-12-15-23)40-31-17-13-16-29(38)32(31)39-34(40)27-21-25(36(4,5)6)22-28(33(27)41)37(7,8)9/h10-22,41H,1-9H3. The Morgan fingerprint density at radius 3 is 1.90 bits per heavy atom. The lowest BCUT2D eigenvalue weighted by Gasteiger charge is -2.28. The number of nitrogens with zero attached hydrogens (tertiary/aromatic N) is 2. The molecule has 5 rings (SSSR count). The summed E-state index contributed by atoms with van der Waals surface area (Å²) < 4.78 is 2.17. The largest absolute Gasteiger partial charge is 0.507 e. The fraction of sp³-hybridized carbons (Fsp3) is 0.324. The maximum atomic E-state index is 11.9. The molecule has 0 fully saturated rings. The fourth-order valence-corrected chi connectivity index (χ4v) is 5.56. The van der Waals surface area contributed by atoms with Gasteiger partial charge in [0.25, 0.3) is 0 Å².